The van der Waals surface area contributed by atoms with Crippen molar-refractivity contribution < 1.29 is 14.2 Å². The summed E-state index contributed by atoms with van der Waals surface area (Å²) in [6.07, 6.45) is 0.0263. The van der Waals surface area contributed by atoms with Crippen molar-refractivity contribution in [3.05, 3.63) is 63.4 Å². The van der Waals surface area contributed by atoms with Gasteiger partial charge in [0.1, 0.15) is 17.7 Å². The number of benzene rings is 2. The van der Waals surface area contributed by atoms with E-state index in [4.69, 9.17) is 4.74 Å². The minimum atomic E-state index is -0.825. The Bertz CT molecular complexity index is 628. The lowest BCUT2D eigenvalue weighted by Crippen LogP contribution is -2.01. The Morgan fingerprint density at radius 3 is 2.68 bits per heavy atom. The third-order valence-corrected chi connectivity index (χ3v) is 3.93. The Kier molecular flexibility index (Phi) is 3.29. The van der Waals surface area contributed by atoms with E-state index in [1.54, 1.807) is 12.1 Å². The van der Waals surface area contributed by atoms with Crippen LogP contribution in [0, 0.1) is 5.82 Å². The predicted octanol–water partition coefficient (Wildman–Crippen LogP) is 3.60. The molecule has 0 fully saturated rings. The van der Waals surface area contributed by atoms with Crippen LogP contribution in [0.15, 0.2) is 40.9 Å². The summed E-state index contributed by atoms with van der Waals surface area (Å²) in [5, 5.41) is 10.3. The fraction of sp³-hybridized carbons (Fsp3) is 0.200. The van der Waals surface area contributed by atoms with Gasteiger partial charge in [0.15, 0.2) is 0 Å². The fourth-order valence-corrected chi connectivity index (χ4v) is 2.50. The molecule has 1 atom stereocenters. The second-order valence-electron chi connectivity index (χ2n) is 4.54. The summed E-state index contributed by atoms with van der Waals surface area (Å²) >= 11 is 3.10. The summed E-state index contributed by atoms with van der Waals surface area (Å²) in [5.74, 6) is 0.499. The van der Waals surface area contributed by atoms with Gasteiger partial charge in [0.2, 0.25) is 0 Å². The zero-order valence-corrected chi connectivity index (χ0v) is 11.7. The highest BCUT2D eigenvalue weighted by Gasteiger charge is 2.17. The van der Waals surface area contributed by atoms with Gasteiger partial charge in [-0.2, -0.15) is 0 Å². The molecular formula is C15H12BrFO2. The van der Waals surface area contributed by atoms with Crippen LogP contribution in [0.4, 0.5) is 4.39 Å². The number of fused-ring (bicyclic) bond motifs is 1. The van der Waals surface area contributed by atoms with E-state index in [2.05, 4.69) is 15.9 Å². The van der Waals surface area contributed by atoms with Crippen LogP contribution in [0.1, 0.15) is 22.8 Å². The van der Waals surface area contributed by atoms with Crippen molar-refractivity contribution in [2.45, 2.75) is 12.5 Å². The summed E-state index contributed by atoms with van der Waals surface area (Å²) in [5.41, 5.74) is 2.39. The van der Waals surface area contributed by atoms with Crippen LogP contribution in [0.25, 0.3) is 0 Å². The molecule has 1 heterocycles. The maximum Gasteiger partial charge on any atom is 0.137 e. The van der Waals surface area contributed by atoms with Crippen LogP contribution in [0.3, 0.4) is 0 Å². The van der Waals surface area contributed by atoms with Gasteiger partial charge < -0.3 is 9.84 Å². The van der Waals surface area contributed by atoms with Crippen molar-refractivity contribution in [1.29, 1.82) is 0 Å². The molecule has 2 nitrogen and oxygen atoms in total. The SMILES string of the molecule is OC(c1ccc(Br)c(F)c1)c1ccc2c(c1)CCO2. The minimum Gasteiger partial charge on any atom is -0.493 e. The standard InChI is InChI=1S/C15H12BrFO2/c16-12-3-1-11(8-13(12)17)15(18)10-2-4-14-9(7-10)5-6-19-14/h1-4,7-8,15,18H,5-6H2. The van der Waals surface area contributed by atoms with Gasteiger partial charge in [-0.15, -0.1) is 0 Å². The Morgan fingerprint density at radius 1 is 1.16 bits per heavy atom. The lowest BCUT2D eigenvalue weighted by Gasteiger charge is -2.13. The number of aliphatic hydroxyl groups excluding tert-OH is 1. The molecule has 0 aromatic heterocycles. The van der Waals surface area contributed by atoms with Gasteiger partial charge >= 0.3 is 0 Å². The summed E-state index contributed by atoms with van der Waals surface area (Å²) < 4.78 is 19.3. The van der Waals surface area contributed by atoms with E-state index in [9.17, 15) is 9.50 Å². The highest BCUT2D eigenvalue weighted by Crippen LogP contribution is 2.31. The summed E-state index contributed by atoms with van der Waals surface area (Å²) in [6.45, 7) is 0.682. The predicted molar refractivity (Wildman–Crippen MR) is 73.8 cm³/mol. The van der Waals surface area contributed by atoms with Gasteiger partial charge in [-0.05, 0) is 56.9 Å². The number of hydrogen-bond acceptors (Lipinski definition) is 2. The van der Waals surface area contributed by atoms with Crippen LogP contribution in [0.5, 0.6) is 5.75 Å². The van der Waals surface area contributed by atoms with E-state index >= 15 is 0 Å². The van der Waals surface area contributed by atoms with Crippen LogP contribution in [-0.2, 0) is 6.42 Å². The Morgan fingerprint density at radius 2 is 1.89 bits per heavy atom. The van der Waals surface area contributed by atoms with E-state index in [-0.39, 0.29) is 5.82 Å². The quantitative estimate of drug-likeness (QED) is 0.915. The molecule has 0 spiro atoms. The number of rotatable bonds is 2. The van der Waals surface area contributed by atoms with Gasteiger partial charge in [-0.3, -0.25) is 0 Å². The van der Waals surface area contributed by atoms with Crippen molar-refractivity contribution in [2.24, 2.45) is 0 Å². The van der Waals surface area contributed by atoms with Gasteiger partial charge in [0.25, 0.3) is 0 Å². The van der Waals surface area contributed by atoms with Crippen molar-refractivity contribution in [3.63, 3.8) is 0 Å². The third kappa shape index (κ3) is 2.38. The van der Waals surface area contributed by atoms with E-state index < -0.39 is 6.10 Å². The van der Waals surface area contributed by atoms with Gasteiger partial charge in [0, 0.05) is 6.42 Å². The van der Waals surface area contributed by atoms with Crippen LogP contribution in [-0.4, -0.2) is 11.7 Å². The lowest BCUT2D eigenvalue weighted by molar-refractivity contribution is 0.219. The molecule has 3 rings (SSSR count). The highest BCUT2D eigenvalue weighted by molar-refractivity contribution is 9.10. The zero-order valence-electron chi connectivity index (χ0n) is 10.1. The number of aliphatic hydroxyl groups is 1. The topological polar surface area (TPSA) is 29.5 Å². The highest BCUT2D eigenvalue weighted by atomic mass is 79.9. The smallest absolute Gasteiger partial charge is 0.137 e. The average molecular weight is 323 g/mol. The monoisotopic (exact) mass is 322 g/mol. The third-order valence-electron chi connectivity index (χ3n) is 3.29. The molecule has 2 aromatic rings. The van der Waals surface area contributed by atoms with E-state index in [0.29, 0.717) is 16.6 Å². The second-order valence-corrected chi connectivity index (χ2v) is 5.40. The fourth-order valence-electron chi connectivity index (χ4n) is 2.25. The number of hydrogen-bond donors (Lipinski definition) is 1. The first-order valence-corrected chi connectivity index (χ1v) is 6.83. The van der Waals surface area contributed by atoms with Crippen molar-refractivity contribution in [1.82, 2.24) is 0 Å². The molecule has 1 aliphatic heterocycles. The first-order valence-electron chi connectivity index (χ1n) is 6.04. The van der Waals surface area contributed by atoms with Gasteiger partial charge in [-0.25, -0.2) is 4.39 Å². The van der Waals surface area contributed by atoms with E-state index in [0.717, 1.165) is 23.3 Å². The lowest BCUT2D eigenvalue weighted by atomic mass is 9.99. The molecule has 1 aliphatic rings. The Labute approximate surface area is 119 Å². The summed E-state index contributed by atoms with van der Waals surface area (Å²) in [4.78, 5) is 0. The van der Waals surface area contributed by atoms with Gasteiger partial charge in [-0.1, -0.05) is 12.1 Å². The summed E-state index contributed by atoms with van der Waals surface area (Å²) in [6, 6.07) is 10.3. The molecule has 0 aliphatic carbocycles. The molecule has 1 N–H and O–H groups in total. The van der Waals surface area contributed by atoms with Crippen LogP contribution < -0.4 is 4.74 Å². The normalized spacial score (nSPS) is 14.9. The molecule has 1 unspecified atom stereocenters. The number of halogens is 2. The van der Waals surface area contributed by atoms with Gasteiger partial charge in [0.05, 0.1) is 11.1 Å². The molecule has 4 heteroatoms. The maximum atomic E-state index is 13.5. The molecular weight excluding hydrogens is 311 g/mol. The largest absolute Gasteiger partial charge is 0.493 e. The van der Waals surface area contributed by atoms with Crippen molar-refractivity contribution in [3.8, 4) is 5.75 Å². The molecule has 0 bridgehead atoms. The Hall–Kier alpha value is -1.39. The molecule has 0 radical (unpaired) electrons. The average Bonchev–Trinajstić information content (AvgIpc) is 2.88. The minimum absolute atomic E-state index is 0.374. The van der Waals surface area contributed by atoms with Crippen molar-refractivity contribution in [2.75, 3.05) is 6.61 Å². The maximum absolute atomic E-state index is 13.5. The first-order chi connectivity index (χ1) is 9.15. The molecule has 0 saturated carbocycles. The zero-order chi connectivity index (χ0) is 13.4. The van der Waals surface area contributed by atoms with Crippen molar-refractivity contribution >= 4 is 15.9 Å². The van der Waals surface area contributed by atoms with Crippen LogP contribution in [0.2, 0.25) is 0 Å². The van der Waals surface area contributed by atoms with Crippen LogP contribution >= 0.6 is 15.9 Å². The second kappa shape index (κ2) is 4.94. The first kappa shape index (κ1) is 12.6. The molecule has 19 heavy (non-hydrogen) atoms. The Balaban J connectivity index is 1.94. The van der Waals surface area contributed by atoms with E-state index in [1.165, 1.54) is 6.07 Å². The molecule has 2 aromatic carbocycles. The summed E-state index contributed by atoms with van der Waals surface area (Å²) in [7, 11) is 0. The number of ether oxygens (including phenoxy) is 1. The van der Waals surface area contributed by atoms with E-state index in [1.807, 2.05) is 18.2 Å². The molecule has 0 saturated heterocycles. The molecule has 98 valence electrons. The molecule has 0 amide bonds.